The van der Waals surface area contributed by atoms with Crippen LogP contribution < -0.4 is 0 Å². The summed E-state index contributed by atoms with van der Waals surface area (Å²) in [5, 5.41) is 0. The minimum atomic E-state index is -3.22. The van der Waals surface area contributed by atoms with E-state index in [9.17, 15) is 13.2 Å². The van der Waals surface area contributed by atoms with Gasteiger partial charge in [-0.2, -0.15) is 0 Å². The summed E-state index contributed by atoms with van der Waals surface area (Å²) >= 11 is 8.51. The summed E-state index contributed by atoms with van der Waals surface area (Å²) in [6, 6.07) is 5.75. The minimum absolute atomic E-state index is 0.0386. The normalized spacial score (nSPS) is 13.4. The third-order valence-corrected chi connectivity index (χ3v) is 4.44. The average molecular weight is 326 g/mol. The molecule has 3 nitrogen and oxygen atoms in total. The molecule has 0 spiro atoms. The number of ketones is 1. The molecule has 0 aliphatic heterocycles. The molecule has 0 amide bonds. The molecule has 0 aliphatic rings. The van der Waals surface area contributed by atoms with Gasteiger partial charge in [0.15, 0.2) is 19.9 Å². The van der Waals surface area contributed by atoms with Gasteiger partial charge in [0.05, 0.1) is 10.6 Å². The Hall–Kier alpha value is -0.390. The van der Waals surface area contributed by atoms with Crippen molar-refractivity contribution in [3.8, 4) is 0 Å². The highest BCUT2D eigenvalue weighted by Gasteiger charge is 2.16. The predicted molar refractivity (Wildman–Crippen MR) is 67.1 cm³/mol. The number of sulfone groups is 1. The standard InChI is InChI=1S/C10H10BrClO3S/c1-2-16(14,15)8-5-3-7(4-6-8)9(13)10(11)12/h3-6,10H,2H2,1H3. The van der Waals surface area contributed by atoms with Gasteiger partial charge in [-0.3, -0.25) is 4.79 Å². The van der Waals surface area contributed by atoms with Crippen LogP contribution in [0.1, 0.15) is 17.3 Å². The molecule has 0 radical (unpaired) electrons. The van der Waals surface area contributed by atoms with E-state index in [4.69, 9.17) is 11.6 Å². The molecular weight excluding hydrogens is 316 g/mol. The summed E-state index contributed by atoms with van der Waals surface area (Å²) in [7, 11) is -3.22. The first-order valence-electron chi connectivity index (χ1n) is 4.53. The van der Waals surface area contributed by atoms with Crippen molar-refractivity contribution in [3.63, 3.8) is 0 Å². The lowest BCUT2D eigenvalue weighted by molar-refractivity contribution is 0.101. The van der Waals surface area contributed by atoms with Crippen molar-refractivity contribution in [2.75, 3.05) is 5.75 Å². The van der Waals surface area contributed by atoms with Crippen molar-refractivity contribution >= 4 is 43.2 Å². The van der Waals surface area contributed by atoms with Crippen LogP contribution in [0.2, 0.25) is 0 Å². The predicted octanol–water partition coefficient (Wildman–Crippen LogP) is 2.62. The summed E-state index contributed by atoms with van der Waals surface area (Å²) in [6.07, 6.45) is 0. The summed E-state index contributed by atoms with van der Waals surface area (Å²) in [5.74, 6) is -0.251. The third kappa shape index (κ3) is 3.06. The molecule has 1 rings (SSSR count). The molecule has 1 aromatic rings. The number of carbonyl (C=O) groups excluding carboxylic acids is 1. The minimum Gasteiger partial charge on any atom is -0.292 e. The van der Waals surface area contributed by atoms with E-state index in [-0.39, 0.29) is 16.4 Å². The molecule has 0 N–H and O–H groups in total. The van der Waals surface area contributed by atoms with E-state index in [1.807, 2.05) is 0 Å². The smallest absolute Gasteiger partial charge is 0.191 e. The van der Waals surface area contributed by atoms with E-state index in [0.717, 1.165) is 0 Å². The molecule has 0 heterocycles. The number of hydrogen-bond donors (Lipinski definition) is 0. The maximum Gasteiger partial charge on any atom is 0.191 e. The molecular formula is C10H10BrClO3S. The van der Waals surface area contributed by atoms with Crippen molar-refractivity contribution in [2.24, 2.45) is 0 Å². The fourth-order valence-electron chi connectivity index (χ4n) is 1.12. The molecule has 0 aromatic heterocycles. The summed E-state index contributed by atoms with van der Waals surface area (Å²) in [4.78, 5) is 11.7. The van der Waals surface area contributed by atoms with E-state index in [1.54, 1.807) is 6.92 Å². The summed E-state index contributed by atoms with van der Waals surface area (Å²) < 4.78 is 22.2. The van der Waals surface area contributed by atoms with Gasteiger partial charge in [-0.15, -0.1) is 11.6 Å². The average Bonchev–Trinajstić information content (AvgIpc) is 2.28. The van der Waals surface area contributed by atoms with Crippen molar-refractivity contribution in [1.29, 1.82) is 0 Å². The van der Waals surface area contributed by atoms with Crippen molar-refractivity contribution in [1.82, 2.24) is 0 Å². The second kappa shape index (κ2) is 5.29. The maximum absolute atomic E-state index is 11.5. The van der Waals surface area contributed by atoms with Crippen LogP contribution in [0.15, 0.2) is 29.2 Å². The van der Waals surface area contributed by atoms with Gasteiger partial charge >= 0.3 is 0 Å². The Morgan fingerprint density at radius 3 is 2.25 bits per heavy atom. The molecule has 16 heavy (non-hydrogen) atoms. The van der Waals surface area contributed by atoms with Crippen LogP contribution >= 0.6 is 27.5 Å². The van der Waals surface area contributed by atoms with Crippen LogP contribution in [0, 0.1) is 0 Å². The molecule has 1 atom stereocenters. The SMILES string of the molecule is CCS(=O)(=O)c1ccc(C(=O)C(Cl)Br)cc1. The lowest BCUT2D eigenvalue weighted by atomic mass is 10.1. The van der Waals surface area contributed by atoms with Gasteiger partial charge in [-0.05, 0) is 12.1 Å². The molecule has 1 aromatic carbocycles. The van der Waals surface area contributed by atoms with E-state index < -0.39 is 14.1 Å². The van der Waals surface area contributed by atoms with Crippen molar-refractivity contribution in [2.45, 2.75) is 16.1 Å². The summed E-state index contributed by atoms with van der Waals surface area (Å²) in [6.45, 7) is 1.57. The molecule has 6 heteroatoms. The molecule has 0 bridgehead atoms. The molecule has 0 saturated carbocycles. The van der Waals surface area contributed by atoms with Gasteiger partial charge in [0.2, 0.25) is 0 Å². The Balaban J connectivity index is 3.06. The fourth-order valence-corrected chi connectivity index (χ4v) is 2.39. The van der Waals surface area contributed by atoms with Crippen LogP contribution in [0.25, 0.3) is 0 Å². The molecule has 0 saturated heterocycles. The highest BCUT2D eigenvalue weighted by Crippen LogP contribution is 2.17. The van der Waals surface area contributed by atoms with Crippen LogP contribution in [0.5, 0.6) is 0 Å². The monoisotopic (exact) mass is 324 g/mol. The van der Waals surface area contributed by atoms with Gasteiger partial charge in [-0.1, -0.05) is 35.0 Å². The number of Topliss-reactive ketones (excluding diaryl/α,β-unsaturated/α-hetero) is 1. The first-order valence-corrected chi connectivity index (χ1v) is 7.54. The molecule has 0 aliphatic carbocycles. The number of halogens is 2. The van der Waals surface area contributed by atoms with Crippen LogP contribution in [-0.4, -0.2) is 24.2 Å². The quantitative estimate of drug-likeness (QED) is 0.631. The number of alkyl halides is 2. The highest BCUT2D eigenvalue weighted by atomic mass is 79.9. The van der Waals surface area contributed by atoms with Gasteiger partial charge in [0, 0.05) is 5.56 Å². The highest BCUT2D eigenvalue weighted by molar-refractivity contribution is 9.10. The van der Waals surface area contributed by atoms with Gasteiger partial charge in [-0.25, -0.2) is 8.42 Å². The van der Waals surface area contributed by atoms with Gasteiger partial charge < -0.3 is 0 Å². The van der Waals surface area contributed by atoms with Gasteiger partial charge in [0.1, 0.15) is 0 Å². The Morgan fingerprint density at radius 2 is 1.88 bits per heavy atom. The number of rotatable bonds is 4. The van der Waals surface area contributed by atoms with E-state index in [1.165, 1.54) is 24.3 Å². The second-order valence-corrected chi connectivity index (χ2v) is 7.25. The number of hydrogen-bond acceptors (Lipinski definition) is 3. The zero-order chi connectivity index (χ0) is 12.3. The number of carbonyl (C=O) groups is 1. The molecule has 0 fully saturated rings. The Labute approximate surface area is 108 Å². The maximum atomic E-state index is 11.5. The Morgan fingerprint density at radius 1 is 1.38 bits per heavy atom. The van der Waals surface area contributed by atoms with Crippen LogP contribution in [0.4, 0.5) is 0 Å². The van der Waals surface area contributed by atoms with E-state index in [2.05, 4.69) is 15.9 Å². The lowest BCUT2D eigenvalue weighted by Crippen LogP contribution is -2.08. The van der Waals surface area contributed by atoms with Gasteiger partial charge in [0.25, 0.3) is 0 Å². The second-order valence-electron chi connectivity index (χ2n) is 3.09. The Bertz CT molecular complexity index is 479. The largest absolute Gasteiger partial charge is 0.292 e. The summed E-state index contributed by atoms with van der Waals surface area (Å²) in [5.41, 5.74) is 0.381. The number of benzene rings is 1. The first kappa shape index (κ1) is 13.7. The van der Waals surface area contributed by atoms with Crippen LogP contribution in [0.3, 0.4) is 0 Å². The third-order valence-electron chi connectivity index (χ3n) is 2.08. The van der Waals surface area contributed by atoms with E-state index in [0.29, 0.717) is 5.56 Å². The lowest BCUT2D eigenvalue weighted by Gasteiger charge is -2.04. The Kier molecular flexibility index (Phi) is 4.52. The van der Waals surface area contributed by atoms with E-state index >= 15 is 0 Å². The first-order chi connectivity index (χ1) is 7.38. The topological polar surface area (TPSA) is 51.2 Å². The van der Waals surface area contributed by atoms with Crippen LogP contribution in [-0.2, 0) is 9.84 Å². The zero-order valence-electron chi connectivity index (χ0n) is 8.48. The molecule has 88 valence electrons. The van der Waals surface area contributed by atoms with Crippen molar-refractivity contribution < 1.29 is 13.2 Å². The fraction of sp³-hybridized carbons (Fsp3) is 0.300. The van der Waals surface area contributed by atoms with Crippen molar-refractivity contribution in [3.05, 3.63) is 29.8 Å². The molecule has 1 unspecified atom stereocenters. The zero-order valence-corrected chi connectivity index (χ0v) is 11.6.